The second-order valence-corrected chi connectivity index (χ2v) is 4.80. The van der Waals surface area contributed by atoms with E-state index in [0.29, 0.717) is 13.1 Å². The highest BCUT2D eigenvalue weighted by Crippen LogP contribution is 2.31. The molecule has 0 fully saturated rings. The van der Waals surface area contributed by atoms with E-state index in [-0.39, 0.29) is 12.5 Å². The van der Waals surface area contributed by atoms with Crippen molar-refractivity contribution in [3.05, 3.63) is 41.5 Å². The molecule has 1 heterocycles. The van der Waals surface area contributed by atoms with Gasteiger partial charge in [-0.25, -0.2) is 0 Å². The van der Waals surface area contributed by atoms with Crippen LogP contribution in [0.3, 0.4) is 0 Å². The van der Waals surface area contributed by atoms with Gasteiger partial charge in [0, 0.05) is 30.4 Å². The van der Waals surface area contributed by atoms with E-state index < -0.39 is 11.7 Å². The fraction of sp³-hybridized carbons (Fsp3) is 0.429. The van der Waals surface area contributed by atoms with Crippen molar-refractivity contribution >= 4 is 5.69 Å². The van der Waals surface area contributed by atoms with Gasteiger partial charge in [0.1, 0.15) is 0 Å². The predicted octanol–water partition coefficient (Wildman–Crippen LogP) is 3.41. The van der Waals surface area contributed by atoms with Crippen molar-refractivity contribution in [2.45, 2.75) is 25.6 Å². The van der Waals surface area contributed by atoms with E-state index in [1.807, 2.05) is 36.1 Å². The zero-order valence-corrected chi connectivity index (χ0v) is 10.7. The third-order valence-corrected chi connectivity index (χ3v) is 3.36. The van der Waals surface area contributed by atoms with Crippen molar-refractivity contribution < 1.29 is 13.2 Å². The van der Waals surface area contributed by atoms with Gasteiger partial charge in [-0.1, -0.05) is 18.2 Å². The molecule has 0 spiro atoms. The summed E-state index contributed by atoms with van der Waals surface area (Å²) in [5, 5.41) is 0. The Labute approximate surface area is 110 Å². The minimum atomic E-state index is -4.19. The molecule has 1 atom stereocenters. The van der Waals surface area contributed by atoms with Crippen molar-refractivity contribution in [3.8, 4) is 0 Å². The summed E-state index contributed by atoms with van der Waals surface area (Å²) in [5.41, 5.74) is 7.29. The minimum Gasteiger partial charge on any atom is -0.367 e. The molecule has 1 aromatic carbocycles. The maximum Gasteiger partial charge on any atom is 0.412 e. The van der Waals surface area contributed by atoms with E-state index >= 15 is 0 Å². The smallest absolute Gasteiger partial charge is 0.367 e. The van der Waals surface area contributed by atoms with Gasteiger partial charge < -0.3 is 10.6 Å². The molecule has 1 aliphatic heterocycles. The topological polar surface area (TPSA) is 29.3 Å². The van der Waals surface area contributed by atoms with Crippen molar-refractivity contribution in [2.75, 3.05) is 18.0 Å². The Hall–Kier alpha value is -1.49. The Morgan fingerprint density at radius 1 is 1.21 bits per heavy atom. The van der Waals surface area contributed by atoms with Crippen LogP contribution in [0.4, 0.5) is 18.9 Å². The second-order valence-electron chi connectivity index (χ2n) is 4.80. The maximum absolute atomic E-state index is 12.5. The molecule has 0 aliphatic carbocycles. The van der Waals surface area contributed by atoms with Crippen LogP contribution < -0.4 is 10.6 Å². The molecule has 1 aromatic rings. The largest absolute Gasteiger partial charge is 0.412 e. The average molecular weight is 270 g/mol. The van der Waals surface area contributed by atoms with E-state index in [2.05, 4.69) is 0 Å². The summed E-state index contributed by atoms with van der Waals surface area (Å²) in [5.74, 6) is 0. The molecule has 19 heavy (non-hydrogen) atoms. The van der Waals surface area contributed by atoms with Gasteiger partial charge in [-0.05, 0) is 31.0 Å². The standard InChI is InChI=1S/C14H17F3N2/c1-10(18)11-2-4-13(5-3-11)19-8-6-12(7-9-19)14(15,16)17/h2-6,10H,7-9,18H2,1H3/t10-/m1/s1. The number of hydrogen-bond donors (Lipinski definition) is 1. The zero-order chi connectivity index (χ0) is 14.0. The molecule has 2 N–H and O–H groups in total. The molecular weight excluding hydrogens is 253 g/mol. The number of anilines is 1. The lowest BCUT2D eigenvalue weighted by atomic mass is 10.1. The molecule has 104 valence electrons. The maximum atomic E-state index is 12.5. The van der Waals surface area contributed by atoms with E-state index in [9.17, 15) is 13.2 Å². The first-order chi connectivity index (χ1) is 8.88. The average Bonchev–Trinajstić information content (AvgIpc) is 2.38. The van der Waals surface area contributed by atoms with Gasteiger partial charge in [0.25, 0.3) is 0 Å². The molecule has 0 bridgehead atoms. The van der Waals surface area contributed by atoms with E-state index in [1.54, 1.807) is 0 Å². The highest BCUT2D eigenvalue weighted by atomic mass is 19.4. The fourth-order valence-corrected chi connectivity index (χ4v) is 2.15. The van der Waals surface area contributed by atoms with Crippen molar-refractivity contribution in [3.63, 3.8) is 0 Å². The Balaban J connectivity index is 2.07. The highest BCUT2D eigenvalue weighted by Gasteiger charge is 2.34. The summed E-state index contributed by atoms with van der Waals surface area (Å²) in [6, 6.07) is 7.62. The Morgan fingerprint density at radius 2 is 1.84 bits per heavy atom. The third kappa shape index (κ3) is 3.29. The van der Waals surface area contributed by atoms with E-state index in [1.165, 1.54) is 6.08 Å². The number of nitrogens with two attached hydrogens (primary N) is 1. The van der Waals surface area contributed by atoms with Gasteiger partial charge >= 0.3 is 6.18 Å². The molecule has 0 amide bonds. The lowest BCUT2D eigenvalue weighted by Crippen LogP contribution is -2.31. The first-order valence-corrected chi connectivity index (χ1v) is 6.24. The number of alkyl halides is 3. The minimum absolute atomic E-state index is 0.0351. The second kappa shape index (κ2) is 5.25. The summed E-state index contributed by atoms with van der Waals surface area (Å²) in [6.45, 7) is 2.59. The molecule has 0 unspecified atom stereocenters. The van der Waals surface area contributed by atoms with Crippen molar-refractivity contribution in [2.24, 2.45) is 5.73 Å². The predicted molar refractivity (Wildman–Crippen MR) is 70.0 cm³/mol. The van der Waals surface area contributed by atoms with Gasteiger partial charge in [0.15, 0.2) is 0 Å². The van der Waals surface area contributed by atoms with Gasteiger partial charge in [-0.15, -0.1) is 0 Å². The molecule has 5 heteroatoms. The number of rotatable bonds is 2. The van der Waals surface area contributed by atoms with Gasteiger partial charge in [0.05, 0.1) is 0 Å². The van der Waals surface area contributed by atoms with Gasteiger partial charge in [-0.3, -0.25) is 0 Å². The quantitative estimate of drug-likeness (QED) is 0.834. The molecule has 1 aliphatic rings. The Morgan fingerprint density at radius 3 is 2.26 bits per heavy atom. The molecule has 2 rings (SSSR count). The van der Waals surface area contributed by atoms with Crippen LogP contribution >= 0.6 is 0 Å². The van der Waals surface area contributed by atoms with Crippen LogP contribution in [-0.4, -0.2) is 19.3 Å². The SMILES string of the molecule is C[C@@H](N)c1ccc(N2CC=C(C(F)(F)F)CC2)cc1. The zero-order valence-electron chi connectivity index (χ0n) is 10.7. The molecule has 2 nitrogen and oxygen atoms in total. The van der Waals surface area contributed by atoms with Crippen LogP contribution in [0.5, 0.6) is 0 Å². The van der Waals surface area contributed by atoms with Crippen molar-refractivity contribution in [1.29, 1.82) is 0 Å². The Kier molecular flexibility index (Phi) is 3.85. The third-order valence-electron chi connectivity index (χ3n) is 3.36. The molecule has 0 saturated carbocycles. The molecule has 0 saturated heterocycles. The fourth-order valence-electron chi connectivity index (χ4n) is 2.15. The van der Waals surface area contributed by atoms with Crippen LogP contribution in [0.1, 0.15) is 24.9 Å². The van der Waals surface area contributed by atoms with Crippen LogP contribution in [0.15, 0.2) is 35.9 Å². The van der Waals surface area contributed by atoms with Crippen LogP contribution in [0.25, 0.3) is 0 Å². The Bertz CT molecular complexity index is 461. The number of hydrogen-bond acceptors (Lipinski definition) is 2. The van der Waals surface area contributed by atoms with Crippen LogP contribution in [-0.2, 0) is 0 Å². The highest BCUT2D eigenvalue weighted by molar-refractivity contribution is 5.49. The van der Waals surface area contributed by atoms with Gasteiger partial charge in [-0.2, -0.15) is 13.2 Å². The summed E-state index contributed by atoms with van der Waals surface area (Å²) >= 11 is 0. The number of nitrogens with zero attached hydrogens (tertiary/aromatic N) is 1. The van der Waals surface area contributed by atoms with E-state index in [4.69, 9.17) is 5.73 Å². The summed E-state index contributed by atoms with van der Waals surface area (Å²) in [6.07, 6.45) is -2.88. The summed E-state index contributed by atoms with van der Waals surface area (Å²) < 4.78 is 37.5. The lowest BCUT2D eigenvalue weighted by Gasteiger charge is -2.29. The summed E-state index contributed by atoms with van der Waals surface area (Å²) in [4.78, 5) is 1.93. The monoisotopic (exact) mass is 270 g/mol. The van der Waals surface area contributed by atoms with Crippen LogP contribution in [0.2, 0.25) is 0 Å². The molecule has 0 radical (unpaired) electrons. The summed E-state index contributed by atoms with van der Waals surface area (Å²) in [7, 11) is 0. The number of halogens is 3. The normalized spacial score (nSPS) is 18.2. The first kappa shape index (κ1) is 13.9. The lowest BCUT2D eigenvalue weighted by molar-refractivity contribution is -0.0943. The van der Waals surface area contributed by atoms with Gasteiger partial charge in [0.2, 0.25) is 0 Å². The number of benzene rings is 1. The van der Waals surface area contributed by atoms with Crippen LogP contribution in [0, 0.1) is 0 Å². The molecule has 0 aromatic heterocycles. The first-order valence-electron chi connectivity index (χ1n) is 6.24. The molecular formula is C14H17F3N2. The van der Waals surface area contributed by atoms with E-state index in [0.717, 1.165) is 11.3 Å². The van der Waals surface area contributed by atoms with Crippen molar-refractivity contribution in [1.82, 2.24) is 0 Å².